The highest BCUT2D eigenvalue weighted by molar-refractivity contribution is 5.89. The van der Waals surface area contributed by atoms with Gasteiger partial charge in [0, 0.05) is 18.8 Å². The molecule has 2 unspecified atom stereocenters. The van der Waals surface area contributed by atoms with Gasteiger partial charge in [-0.1, -0.05) is 24.6 Å². The molecule has 104 valence electrons. The van der Waals surface area contributed by atoms with E-state index in [-0.39, 0.29) is 6.03 Å². The van der Waals surface area contributed by atoms with Crippen LogP contribution in [0.15, 0.2) is 24.3 Å². The molecule has 4 nitrogen and oxygen atoms in total. The number of urea groups is 1. The van der Waals surface area contributed by atoms with Gasteiger partial charge in [-0.25, -0.2) is 4.79 Å². The van der Waals surface area contributed by atoms with Crippen molar-refractivity contribution >= 4 is 11.7 Å². The van der Waals surface area contributed by atoms with Crippen LogP contribution in [0.3, 0.4) is 0 Å². The van der Waals surface area contributed by atoms with Crippen LogP contribution in [0, 0.1) is 18.8 Å². The SMILES string of the molecule is Cc1ccc(NC(=O)N2CCC(C)C(CN)C2)cc1. The van der Waals surface area contributed by atoms with Gasteiger partial charge in [-0.2, -0.15) is 0 Å². The van der Waals surface area contributed by atoms with Crippen molar-refractivity contribution in [2.45, 2.75) is 20.3 Å². The lowest BCUT2D eigenvalue weighted by Crippen LogP contribution is -2.47. The topological polar surface area (TPSA) is 58.4 Å². The first-order valence-electron chi connectivity index (χ1n) is 6.93. The first-order valence-corrected chi connectivity index (χ1v) is 6.93. The molecule has 0 saturated carbocycles. The average Bonchev–Trinajstić information content (AvgIpc) is 2.42. The van der Waals surface area contributed by atoms with Gasteiger partial charge in [-0.15, -0.1) is 0 Å². The van der Waals surface area contributed by atoms with Crippen LogP contribution in [0.1, 0.15) is 18.9 Å². The van der Waals surface area contributed by atoms with Gasteiger partial charge in [0.05, 0.1) is 0 Å². The van der Waals surface area contributed by atoms with E-state index in [2.05, 4.69) is 12.2 Å². The summed E-state index contributed by atoms with van der Waals surface area (Å²) in [6.45, 7) is 6.47. The largest absolute Gasteiger partial charge is 0.330 e. The fraction of sp³-hybridized carbons (Fsp3) is 0.533. The van der Waals surface area contributed by atoms with Gasteiger partial charge in [0.1, 0.15) is 0 Å². The number of benzene rings is 1. The minimum absolute atomic E-state index is 0.0193. The number of anilines is 1. The summed E-state index contributed by atoms with van der Waals surface area (Å²) in [5.41, 5.74) is 7.80. The second kappa shape index (κ2) is 6.06. The number of aryl methyl sites for hydroxylation is 1. The molecule has 3 N–H and O–H groups in total. The number of amides is 2. The summed E-state index contributed by atoms with van der Waals surface area (Å²) < 4.78 is 0. The van der Waals surface area contributed by atoms with Gasteiger partial charge in [-0.3, -0.25) is 0 Å². The van der Waals surface area contributed by atoms with Crippen LogP contribution in [0.25, 0.3) is 0 Å². The van der Waals surface area contributed by atoms with E-state index in [0.29, 0.717) is 18.4 Å². The minimum Gasteiger partial charge on any atom is -0.330 e. The van der Waals surface area contributed by atoms with Crippen molar-refractivity contribution in [1.82, 2.24) is 4.90 Å². The Labute approximate surface area is 115 Å². The molecule has 1 aliphatic heterocycles. The van der Waals surface area contributed by atoms with Crippen LogP contribution in [-0.4, -0.2) is 30.6 Å². The monoisotopic (exact) mass is 261 g/mol. The number of nitrogens with two attached hydrogens (primary N) is 1. The number of piperidine rings is 1. The van der Waals surface area contributed by atoms with Gasteiger partial charge >= 0.3 is 6.03 Å². The third kappa shape index (κ3) is 3.47. The zero-order valence-electron chi connectivity index (χ0n) is 11.7. The first-order chi connectivity index (χ1) is 9.10. The number of hydrogen-bond acceptors (Lipinski definition) is 2. The lowest BCUT2D eigenvalue weighted by Gasteiger charge is -2.36. The molecule has 1 heterocycles. The Morgan fingerprint density at radius 2 is 2.11 bits per heavy atom. The number of nitrogens with zero attached hydrogens (tertiary/aromatic N) is 1. The molecule has 2 rings (SSSR count). The molecule has 0 spiro atoms. The fourth-order valence-electron chi connectivity index (χ4n) is 2.48. The van der Waals surface area contributed by atoms with Crippen LogP contribution in [-0.2, 0) is 0 Å². The summed E-state index contributed by atoms with van der Waals surface area (Å²) in [7, 11) is 0. The summed E-state index contributed by atoms with van der Waals surface area (Å²) >= 11 is 0. The predicted octanol–water partition coefficient (Wildman–Crippen LogP) is 2.44. The molecule has 0 bridgehead atoms. The van der Waals surface area contributed by atoms with Crippen LogP contribution in [0.4, 0.5) is 10.5 Å². The van der Waals surface area contributed by atoms with Crippen LogP contribution in [0.2, 0.25) is 0 Å². The summed E-state index contributed by atoms with van der Waals surface area (Å²) in [4.78, 5) is 14.1. The molecular weight excluding hydrogens is 238 g/mol. The Balaban J connectivity index is 1.94. The molecule has 0 aromatic heterocycles. The minimum atomic E-state index is -0.0193. The van der Waals surface area contributed by atoms with Crippen molar-refractivity contribution in [3.8, 4) is 0 Å². The van der Waals surface area contributed by atoms with Crippen molar-refractivity contribution < 1.29 is 4.79 Å². The Morgan fingerprint density at radius 3 is 2.74 bits per heavy atom. The number of carbonyl (C=O) groups excluding carboxylic acids is 1. The van der Waals surface area contributed by atoms with Crippen molar-refractivity contribution in [3.05, 3.63) is 29.8 Å². The van der Waals surface area contributed by atoms with E-state index < -0.39 is 0 Å². The van der Waals surface area contributed by atoms with Gasteiger partial charge in [0.25, 0.3) is 0 Å². The van der Waals surface area contributed by atoms with E-state index >= 15 is 0 Å². The number of nitrogens with one attached hydrogen (secondary N) is 1. The van der Waals surface area contributed by atoms with Gasteiger partial charge in [0.15, 0.2) is 0 Å². The molecule has 1 fully saturated rings. The zero-order chi connectivity index (χ0) is 13.8. The third-order valence-corrected chi connectivity index (χ3v) is 4.01. The summed E-state index contributed by atoms with van der Waals surface area (Å²) in [6, 6.07) is 7.84. The smallest absolute Gasteiger partial charge is 0.321 e. The molecule has 2 amide bonds. The average molecular weight is 261 g/mol. The second-order valence-electron chi connectivity index (χ2n) is 5.50. The molecule has 0 radical (unpaired) electrons. The molecule has 4 heteroatoms. The Bertz CT molecular complexity index is 430. The van der Waals surface area contributed by atoms with Crippen molar-refractivity contribution in [3.63, 3.8) is 0 Å². The van der Waals surface area contributed by atoms with Crippen LogP contribution >= 0.6 is 0 Å². The lowest BCUT2D eigenvalue weighted by atomic mass is 9.87. The third-order valence-electron chi connectivity index (χ3n) is 4.01. The van der Waals surface area contributed by atoms with Crippen LogP contribution < -0.4 is 11.1 Å². The summed E-state index contributed by atoms with van der Waals surface area (Å²) in [6.07, 6.45) is 1.03. The number of rotatable bonds is 2. The molecule has 1 saturated heterocycles. The number of likely N-dealkylation sites (tertiary alicyclic amines) is 1. The highest BCUT2D eigenvalue weighted by Gasteiger charge is 2.27. The lowest BCUT2D eigenvalue weighted by molar-refractivity contribution is 0.149. The van der Waals surface area contributed by atoms with E-state index in [0.717, 1.165) is 25.2 Å². The highest BCUT2D eigenvalue weighted by atomic mass is 16.2. The Hall–Kier alpha value is -1.55. The Kier molecular flexibility index (Phi) is 4.43. The second-order valence-corrected chi connectivity index (χ2v) is 5.50. The van der Waals surface area contributed by atoms with Gasteiger partial charge in [0.2, 0.25) is 0 Å². The van der Waals surface area contributed by atoms with E-state index in [4.69, 9.17) is 5.73 Å². The summed E-state index contributed by atoms with van der Waals surface area (Å²) in [5.74, 6) is 1.02. The molecule has 2 atom stereocenters. The predicted molar refractivity (Wildman–Crippen MR) is 78.1 cm³/mol. The first kappa shape index (κ1) is 13.9. The van der Waals surface area contributed by atoms with E-state index in [1.54, 1.807) is 0 Å². The molecule has 1 aromatic carbocycles. The Morgan fingerprint density at radius 1 is 1.42 bits per heavy atom. The van der Waals surface area contributed by atoms with E-state index in [1.807, 2.05) is 36.1 Å². The van der Waals surface area contributed by atoms with Gasteiger partial charge < -0.3 is 16.0 Å². The molecule has 0 aliphatic carbocycles. The van der Waals surface area contributed by atoms with Crippen molar-refractivity contribution in [2.75, 3.05) is 25.0 Å². The van der Waals surface area contributed by atoms with Crippen LogP contribution in [0.5, 0.6) is 0 Å². The summed E-state index contributed by atoms with van der Waals surface area (Å²) in [5, 5.41) is 2.94. The fourth-order valence-corrected chi connectivity index (χ4v) is 2.48. The van der Waals surface area contributed by atoms with Gasteiger partial charge in [-0.05, 0) is 43.9 Å². The molecule has 1 aliphatic rings. The maximum absolute atomic E-state index is 12.2. The maximum Gasteiger partial charge on any atom is 0.321 e. The standard InChI is InChI=1S/C15H23N3O/c1-11-3-5-14(6-4-11)17-15(19)18-8-7-12(2)13(9-16)10-18/h3-6,12-13H,7-10,16H2,1-2H3,(H,17,19). The normalized spacial score (nSPS) is 23.2. The number of hydrogen-bond donors (Lipinski definition) is 2. The molecule has 19 heavy (non-hydrogen) atoms. The van der Waals surface area contributed by atoms with Crippen molar-refractivity contribution in [1.29, 1.82) is 0 Å². The number of carbonyl (C=O) groups is 1. The van der Waals surface area contributed by atoms with E-state index in [1.165, 1.54) is 5.56 Å². The quantitative estimate of drug-likeness (QED) is 0.859. The highest BCUT2D eigenvalue weighted by Crippen LogP contribution is 2.22. The van der Waals surface area contributed by atoms with E-state index in [9.17, 15) is 4.79 Å². The molecule has 1 aromatic rings. The van der Waals surface area contributed by atoms with Crippen molar-refractivity contribution in [2.24, 2.45) is 17.6 Å². The molecular formula is C15H23N3O. The maximum atomic E-state index is 12.2. The zero-order valence-corrected chi connectivity index (χ0v) is 11.7.